The summed E-state index contributed by atoms with van der Waals surface area (Å²) in [6.45, 7) is 6.13. The molecule has 1 N–H and O–H groups in total. The number of carbonyl (C=O) groups is 1. The van der Waals surface area contributed by atoms with Crippen molar-refractivity contribution in [3.63, 3.8) is 0 Å². The second kappa shape index (κ2) is 4.60. The van der Waals surface area contributed by atoms with E-state index in [2.05, 4.69) is 0 Å². The molecule has 1 aliphatic rings. The Hall–Kier alpha value is -1.42. The zero-order valence-corrected chi connectivity index (χ0v) is 11.5. The van der Waals surface area contributed by atoms with Gasteiger partial charge in [0.05, 0.1) is 18.6 Å². The van der Waals surface area contributed by atoms with Crippen LogP contribution >= 0.6 is 0 Å². The van der Waals surface area contributed by atoms with Gasteiger partial charge in [0, 0.05) is 5.41 Å². The van der Waals surface area contributed by atoms with Gasteiger partial charge in [-0.1, -0.05) is 12.1 Å². The molecule has 0 spiro atoms. The number of aliphatic carboxylic acids is 1. The van der Waals surface area contributed by atoms with Crippen molar-refractivity contribution in [3.8, 4) is 0 Å². The van der Waals surface area contributed by atoms with Crippen LogP contribution in [0.2, 0.25) is 0 Å². The molecule has 0 unspecified atom stereocenters. The Bertz CT molecular complexity index is 504. The molecule has 1 saturated heterocycles. The van der Waals surface area contributed by atoms with E-state index in [1.807, 2.05) is 0 Å². The predicted octanol–water partition coefficient (Wildman–Crippen LogP) is 2.90. The average molecular weight is 266 g/mol. The van der Waals surface area contributed by atoms with E-state index in [4.69, 9.17) is 4.74 Å². The highest BCUT2D eigenvalue weighted by molar-refractivity contribution is 5.73. The monoisotopic (exact) mass is 266 g/mol. The lowest BCUT2D eigenvalue weighted by Gasteiger charge is -2.45. The van der Waals surface area contributed by atoms with Crippen molar-refractivity contribution >= 4 is 5.97 Å². The van der Waals surface area contributed by atoms with Crippen LogP contribution in [0.25, 0.3) is 0 Å². The van der Waals surface area contributed by atoms with E-state index in [0.29, 0.717) is 25.2 Å². The van der Waals surface area contributed by atoms with Crippen LogP contribution in [0.15, 0.2) is 18.2 Å². The SMILES string of the molecule is Cc1cc(C2(CC(C)(C)C(=O)O)COC2)ccc1F. The van der Waals surface area contributed by atoms with Gasteiger partial charge in [-0.15, -0.1) is 0 Å². The lowest BCUT2D eigenvalue weighted by molar-refractivity contribution is -0.152. The molecule has 0 amide bonds. The summed E-state index contributed by atoms with van der Waals surface area (Å²) >= 11 is 0. The van der Waals surface area contributed by atoms with Crippen molar-refractivity contribution in [1.29, 1.82) is 0 Å². The highest BCUT2D eigenvalue weighted by Crippen LogP contribution is 2.42. The maximum atomic E-state index is 13.3. The largest absolute Gasteiger partial charge is 0.481 e. The summed E-state index contributed by atoms with van der Waals surface area (Å²) in [5.74, 6) is -1.06. The van der Waals surface area contributed by atoms with Crippen molar-refractivity contribution < 1.29 is 19.0 Å². The lowest BCUT2D eigenvalue weighted by Crippen LogP contribution is -2.50. The molecule has 0 radical (unpaired) electrons. The van der Waals surface area contributed by atoms with Gasteiger partial charge in [-0.2, -0.15) is 0 Å². The Morgan fingerprint density at radius 3 is 2.53 bits per heavy atom. The molecule has 0 aromatic heterocycles. The van der Waals surface area contributed by atoms with Crippen LogP contribution in [0.5, 0.6) is 0 Å². The number of halogens is 1. The Morgan fingerprint density at radius 1 is 1.47 bits per heavy atom. The van der Waals surface area contributed by atoms with Crippen molar-refractivity contribution in [1.82, 2.24) is 0 Å². The van der Waals surface area contributed by atoms with Gasteiger partial charge in [-0.25, -0.2) is 4.39 Å². The summed E-state index contributed by atoms with van der Waals surface area (Å²) in [6, 6.07) is 4.98. The molecule has 4 heteroatoms. The van der Waals surface area contributed by atoms with Crippen molar-refractivity contribution in [2.24, 2.45) is 5.41 Å². The molecule has 19 heavy (non-hydrogen) atoms. The van der Waals surface area contributed by atoms with E-state index in [1.54, 1.807) is 32.9 Å². The van der Waals surface area contributed by atoms with Crippen LogP contribution in [0.3, 0.4) is 0 Å². The van der Waals surface area contributed by atoms with E-state index in [0.717, 1.165) is 5.56 Å². The molecule has 2 rings (SSSR count). The molecular formula is C15H19FO3. The Labute approximate surface area is 112 Å². The highest BCUT2D eigenvalue weighted by atomic mass is 19.1. The first-order valence-corrected chi connectivity index (χ1v) is 6.35. The maximum Gasteiger partial charge on any atom is 0.309 e. The van der Waals surface area contributed by atoms with Crippen LogP contribution in [0.4, 0.5) is 4.39 Å². The minimum absolute atomic E-state index is 0.239. The van der Waals surface area contributed by atoms with Crippen LogP contribution < -0.4 is 0 Å². The van der Waals surface area contributed by atoms with E-state index < -0.39 is 11.4 Å². The molecule has 0 bridgehead atoms. The quantitative estimate of drug-likeness (QED) is 0.911. The molecule has 3 nitrogen and oxygen atoms in total. The van der Waals surface area contributed by atoms with Gasteiger partial charge < -0.3 is 9.84 Å². The van der Waals surface area contributed by atoms with Crippen LogP contribution in [0, 0.1) is 18.2 Å². The first-order valence-electron chi connectivity index (χ1n) is 6.35. The summed E-state index contributed by atoms with van der Waals surface area (Å²) in [7, 11) is 0. The van der Waals surface area contributed by atoms with E-state index in [1.165, 1.54) is 6.07 Å². The summed E-state index contributed by atoms with van der Waals surface area (Å²) in [6.07, 6.45) is 0.487. The highest BCUT2D eigenvalue weighted by Gasteiger charge is 2.46. The zero-order valence-electron chi connectivity index (χ0n) is 11.5. The second-order valence-corrected chi connectivity index (χ2v) is 6.10. The predicted molar refractivity (Wildman–Crippen MR) is 69.7 cm³/mol. The smallest absolute Gasteiger partial charge is 0.309 e. The van der Waals surface area contributed by atoms with E-state index >= 15 is 0 Å². The number of hydrogen-bond acceptors (Lipinski definition) is 2. The van der Waals surface area contributed by atoms with Crippen LogP contribution in [-0.4, -0.2) is 24.3 Å². The molecule has 1 fully saturated rings. The fourth-order valence-electron chi connectivity index (χ4n) is 2.62. The number of rotatable bonds is 4. The van der Waals surface area contributed by atoms with Gasteiger partial charge in [0.1, 0.15) is 5.82 Å². The van der Waals surface area contributed by atoms with Gasteiger partial charge in [0.25, 0.3) is 0 Å². The second-order valence-electron chi connectivity index (χ2n) is 6.10. The molecule has 0 atom stereocenters. The molecule has 1 aliphatic heterocycles. The molecule has 1 heterocycles. The molecule has 1 aromatic rings. The van der Waals surface area contributed by atoms with Crippen molar-refractivity contribution in [2.75, 3.05) is 13.2 Å². The van der Waals surface area contributed by atoms with Gasteiger partial charge in [-0.05, 0) is 44.4 Å². The third kappa shape index (κ3) is 2.50. The molecule has 1 aromatic carbocycles. The van der Waals surface area contributed by atoms with Gasteiger partial charge >= 0.3 is 5.97 Å². The molecule has 0 aliphatic carbocycles. The first kappa shape index (κ1) is 14.0. The molecular weight excluding hydrogens is 247 g/mol. The topological polar surface area (TPSA) is 46.5 Å². The standard InChI is InChI=1S/C15H19FO3/c1-10-6-11(4-5-12(10)16)15(8-19-9-15)7-14(2,3)13(17)18/h4-6H,7-9H2,1-3H3,(H,17,18). The van der Waals surface area contributed by atoms with E-state index in [-0.39, 0.29) is 11.2 Å². The molecule has 0 saturated carbocycles. The Balaban J connectivity index is 2.32. The minimum atomic E-state index is -0.827. The van der Waals surface area contributed by atoms with Gasteiger partial charge in [0.2, 0.25) is 0 Å². The summed E-state index contributed by atoms with van der Waals surface area (Å²) < 4.78 is 18.7. The number of carboxylic acid groups (broad SMARTS) is 1. The lowest BCUT2D eigenvalue weighted by atomic mass is 9.67. The fraction of sp³-hybridized carbons (Fsp3) is 0.533. The summed E-state index contributed by atoms with van der Waals surface area (Å²) in [4.78, 5) is 11.3. The van der Waals surface area contributed by atoms with E-state index in [9.17, 15) is 14.3 Å². The third-order valence-electron chi connectivity index (χ3n) is 3.89. The van der Waals surface area contributed by atoms with Crippen LogP contribution in [-0.2, 0) is 14.9 Å². The summed E-state index contributed by atoms with van der Waals surface area (Å²) in [5, 5.41) is 9.27. The van der Waals surface area contributed by atoms with Gasteiger partial charge in [0.15, 0.2) is 0 Å². The number of carboxylic acids is 1. The average Bonchev–Trinajstić information content (AvgIpc) is 2.27. The number of benzene rings is 1. The third-order valence-corrected chi connectivity index (χ3v) is 3.89. The normalized spacial score (nSPS) is 17.9. The Morgan fingerprint density at radius 2 is 2.11 bits per heavy atom. The van der Waals surface area contributed by atoms with Crippen molar-refractivity contribution in [3.05, 3.63) is 35.1 Å². The van der Waals surface area contributed by atoms with Gasteiger partial charge in [-0.3, -0.25) is 4.79 Å². The first-order chi connectivity index (χ1) is 8.77. The number of hydrogen-bond donors (Lipinski definition) is 1. The maximum absolute atomic E-state index is 13.3. The number of ether oxygens (including phenoxy) is 1. The zero-order chi connectivity index (χ0) is 14.3. The Kier molecular flexibility index (Phi) is 3.39. The number of aryl methyl sites for hydroxylation is 1. The van der Waals surface area contributed by atoms with Crippen molar-refractivity contribution in [2.45, 2.75) is 32.6 Å². The molecule has 104 valence electrons. The van der Waals surface area contributed by atoms with Crippen LogP contribution in [0.1, 0.15) is 31.4 Å². The fourth-order valence-corrected chi connectivity index (χ4v) is 2.62. The minimum Gasteiger partial charge on any atom is -0.481 e. The summed E-state index contributed by atoms with van der Waals surface area (Å²) in [5.41, 5.74) is 0.413.